The lowest BCUT2D eigenvalue weighted by Crippen LogP contribution is -2.35. The van der Waals surface area contributed by atoms with Crippen LogP contribution in [0.1, 0.15) is 6.92 Å². The average molecular weight is 273 g/mol. The molecule has 1 aromatic carbocycles. The molecule has 0 aliphatic carbocycles. The third-order valence-electron chi connectivity index (χ3n) is 1.82. The van der Waals surface area contributed by atoms with Crippen LogP contribution < -0.4 is 10.1 Å². The van der Waals surface area contributed by atoms with E-state index >= 15 is 0 Å². The molecule has 0 heterocycles. The van der Waals surface area contributed by atoms with Crippen LogP contribution in [0.5, 0.6) is 5.75 Å². The number of ether oxygens (including phenoxy) is 1. The first-order valence-corrected chi connectivity index (χ1v) is 5.55. The van der Waals surface area contributed by atoms with Gasteiger partial charge in [-0.15, -0.1) is 0 Å². The van der Waals surface area contributed by atoms with Gasteiger partial charge in [-0.3, -0.25) is 4.79 Å². The number of nitriles is 1. The van der Waals surface area contributed by atoms with Gasteiger partial charge >= 0.3 is 0 Å². The summed E-state index contributed by atoms with van der Waals surface area (Å²) in [6.45, 7) is 1.38. The number of nitrogens with one attached hydrogen (secondary N) is 1. The Kier molecular flexibility index (Phi) is 5.08. The number of carbonyl (C=O) groups excluding carboxylic acids is 1. The molecule has 0 fully saturated rings. The molecule has 1 aromatic rings. The van der Waals surface area contributed by atoms with Crippen LogP contribution in [-0.4, -0.2) is 18.6 Å². The standard InChI is InChI=1S/C11H10Cl2N2O2/c1-7(5-14)15-11(16)6-17-10-3-2-8(12)4-9(10)13/h2-4,7H,6H2,1H3,(H,15,16). The minimum atomic E-state index is -0.549. The van der Waals surface area contributed by atoms with Gasteiger partial charge in [-0.05, 0) is 25.1 Å². The molecule has 1 rings (SSSR count). The van der Waals surface area contributed by atoms with Gasteiger partial charge in [0.25, 0.3) is 5.91 Å². The Hall–Kier alpha value is -1.44. The molecule has 4 nitrogen and oxygen atoms in total. The topological polar surface area (TPSA) is 62.1 Å². The highest BCUT2D eigenvalue weighted by atomic mass is 35.5. The molecule has 1 amide bonds. The minimum Gasteiger partial charge on any atom is -0.482 e. The number of nitrogens with zero attached hydrogens (tertiary/aromatic N) is 1. The lowest BCUT2D eigenvalue weighted by molar-refractivity contribution is -0.123. The molecule has 0 radical (unpaired) electrons. The fraction of sp³-hybridized carbons (Fsp3) is 0.273. The summed E-state index contributed by atoms with van der Waals surface area (Å²) in [5, 5.41) is 11.8. The van der Waals surface area contributed by atoms with Crippen LogP contribution >= 0.6 is 23.2 Å². The van der Waals surface area contributed by atoms with Gasteiger partial charge in [0.15, 0.2) is 6.61 Å². The molecule has 0 saturated heterocycles. The number of hydrogen-bond acceptors (Lipinski definition) is 3. The summed E-state index contributed by atoms with van der Waals surface area (Å²) < 4.78 is 5.19. The van der Waals surface area contributed by atoms with Crippen LogP contribution in [-0.2, 0) is 4.79 Å². The van der Waals surface area contributed by atoms with Gasteiger partial charge in [0, 0.05) is 5.02 Å². The molecule has 17 heavy (non-hydrogen) atoms. The zero-order chi connectivity index (χ0) is 12.8. The summed E-state index contributed by atoms with van der Waals surface area (Å²) >= 11 is 11.6. The van der Waals surface area contributed by atoms with E-state index in [2.05, 4.69) is 5.32 Å². The summed E-state index contributed by atoms with van der Waals surface area (Å²) in [5.74, 6) is -0.0131. The summed E-state index contributed by atoms with van der Waals surface area (Å²) in [5.41, 5.74) is 0. The van der Waals surface area contributed by atoms with Crippen LogP contribution in [0, 0.1) is 11.3 Å². The van der Waals surface area contributed by atoms with Crippen molar-refractivity contribution in [3.8, 4) is 11.8 Å². The van der Waals surface area contributed by atoms with E-state index in [1.54, 1.807) is 19.1 Å². The number of hydrogen-bond donors (Lipinski definition) is 1. The Labute approximate surface area is 109 Å². The molecule has 90 valence electrons. The molecule has 0 aliphatic rings. The predicted octanol–water partition coefficient (Wildman–Crippen LogP) is 2.40. The van der Waals surface area contributed by atoms with Gasteiger partial charge in [0.05, 0.1) is 11.1 Å². The average Bonchev–Trinajstić information content (AvgIpc) is 2.27. The molecule has 1 atom stereocenters. The van der Waals surface area contributed by atoms with E-state index in [4.69, 9.17) is 33.2 Å². The monoisotopic (exact) mass is 272 g/mol. The highest BCUT2D eigenvalue weighted by Crippen LogP contribution is 2.27. The number of carbonyl (C=O) groups is 1. The first kappa shape index (κ1) is 13.6. The highest BCUT2D eigenvalue weighted by molar-refractivity contribution is 6.35. The Bertz CT molecular complexity index is 457. The minimum absolute atomic E-state index is 0.201. The van der Waals surface area contributed by atoms with E-state index in [1.807, 2.05) is 6.07 Å². The van der Waals surface area contributed by atoms with E-state index < -0.39 is 6.04 Å². The molecule has 0 saturated carbocycles. The van der Waals surface area contributed by atoms with Crippen molar-refractivity contribution < 1.29 is 9.53 Å². The SMILES string of the molecule is CC(C#N)NC(=O)COc1ccc(Cl)cc1Cl. The zero-order valence-electron chi connectivity index (χ0n) is 9.04. The van der Waals surface area contributed by atoms with Crippen molar-refractivity contribution in [2.45, 2.75) is 13.0 Å². The largest absolute Gasteiger partial charge is 0.482 e. The van der Waals surface area contributed by atoms with Crippen molar-refractivity contribution in [3.63, 3.8) is 0 Å². The number of rotatable bonds is 4. The number of halogens is 2. The van der Waals surface area contributed by atoms with Gasteiger partial charge < -0.3 is 10.1 Å². The number of amides is 1. The zero-order valence-corrected chi connectivity index (χ0v) is 10.5. The molecule has 0 bridgehead atoms. The quantitative estimate of drug-likeness (QED) is 0.916. The van der Waals surface area contributed by atoms with Crippen LogP contribution in [0.3, 0.4) is 0 Å². The maximum atomic E-state index is 11.3. The third-order valence-corrected chi connectivity index (χ3v) is 2.35. The maximum Gasteiger partial charge on any atom is 0.258 e. The van der Waals surface area contributed by atoms with Crippen molar-refractivity contribution in [2.24, 2.45) is 0 Å². The second kappa shape index (κ2) is 6.33. The van der Waals surface area contributed by atoms with E-state index in [0.29, 0.717) is 15.8 Å². The third kappa shape index (κ3) is 4.51. The number of benzene rings is 1. The summed E-state index contributed by atoms with van der Waals surface area (Å²) in [6, 6.07) is 6.04. The molecule has 1 N–H and O–H groups in total. The van der Waals surface area contributed by atoms with Crippen molar-refractivity contribution in [2.75, 3.05) is 6.61 Å². The molecule has 0 aromatic heterocycles. The molecule has 6 heteroatoms. The normalized spacial score (nSPS) is 11.4. The Morgan fingerprint density at radius 1 is 1.59 bits per heavy atom. The molecule has 0 aliphatic heterocycles. The van der Waals surface area contributed by atoms with Gasteiger partial charge in [-0.1, -0.05) is 23.2 Å². The van der Waals surface area contributed by atoms with Crippen LogP contribution in [0.4, 0.5) is 0 Å². The van der Waals surface area contributed by atoms with Crippen molar-refractivity contribution >= 4 is 29.1 Å². The van der Waals surface area contributed by atoms with Crippen molar-refractivity contribution in [3.05, 3.63) is 28.2 Å². The van der Waals surface area contributed by atoms with Gasteiger partial charge in [-0.2, -0.15) is 5.26 Å². The van der Waals surface area contributed by atoms with Crippen LogP contribution in [0.2, 0.25) is 10.0 Å². The van der Waals surface area contributed by atoms with Crippen molar-refractivity contribution in [1.29, 1.82) is 5.26 Å². The second-order valence-electron chi connectivity index (χ2n) is 3.28. The summed E-state index contributed by atoms with van der Waals surface area (Å²) in [4.78, 5) is 11.3. The van der Waals surface area contributed by atoms with E-state index in [-0.39, 0.29) is 12.5 Å². The maximum absolute atomic E-state index is 11.3. The molecule has 0 spiro atoms. The van der Waals surface area contributed by atoms with E-state index in [0.717, 1.165) is 0 Å². The Balaban J connectivity index is 2.51. The van der Waals surface area contributed by atoms with E-state index in [1.165, 1.54) is 6.07 Å². The fourth-order valence-corrected chi connectivity index (χ4v) is 1.51. The van der Waals surface area contributed by atoms with Crippen LogP contribution in [0.15, 0.2) is 18.2 Å². The van der Waals surface area contributed by atoms with E-state index in [9.17, 15) is 4.79 Å². The first-order valence-electron chi connectivity index (χ1n) is 4.79. The summed E-state index contributed by atoms with van der Waals surface area (Å²) in [6.07, 6.45) is 0. The highest BCUT2D eigenvalue weighted by Gasteiger charge is 2.08. The van der Waals surface area contributed by atoms with Crippen LogP contribution in [0.25, 0.3) is 0 Å². The molecule has 1 unspecified atom stereocenters. The summed E-state index contributed by atoms with van der Waals surface area (Å²) in [7, 11) is 0. The van der Waals surface area contributed by atoms with Crippen molar-refractivity contribution in [1.82, 2.24) is 5.32 Å². The predicted molar refractivity (Wildman–Crippen MR) is 65.2 cm³/mol. The van der Waals surface area contributed by atoms with Gasteiger partial charge in [0.1, 0.15) is 11.8 Å². The first-order chi connectivity index (χ1) is 8.02. The lowest BCUT2D eigenvalue weighted by Gasteiger charge is -2.09. The smallest absolute Gasteiger partial charge is 0.258 e. The van der Waals surface area contributed by atoms with Gasteiger partial charge in [0.2, 0.25) is 0 Å². The van der Waals surface area contributed by atoms with Gasteiger partial charge in [-0.25, -0.2) is 0 Å². The fourth-order valence-electron chi connectivity index (χ4n) is 1.05. The second-order valence-corrected chi connectivity index (χ2v) is 4.13. The molecular weight excluding hydrogens is 263 g/mol. The Morgan fingerprint density at radius 3 is 2.88 bits per heavy atom. The molecular formula is C11H10Cl2N2O2. The Morgan fingerprint density at radius 2 is 2.29 bits per heavy atom. The lowest BCUT2D eigenvalue weighted by atomic mass is 10.3.